The molecule has 2 aromatic rings. The van der Waals surface area contributed by atoms with Gasteiger partial charge in [-0.05, 0) is 36.9 Å². The molecule has 0 N–H and O–H groups in total. The van der Waals surface area contributed by atoms with E-state index in [9.17, 15) is 0 Å². The number of hydrogen-bond acceptors (Lipinski definition) is 2. The average molecular weight is 367 g/mol. The number of fused-ring (bicyclic) bond motifs is 5. The Hall–Kier alpha value is -1.03. The van der Waals surface area contributed by atoms with E-state index in [1.165, 1.54) is 11.1 Å². The highest BCUT2D eigenvalue weighted by Crippen LogP contribution is 2.49. The van der Waals surface area contributed by atoms with Gasteiger partial charge in [-0.15, -0.1) is 17.0 Å². The van der Waals surface area contributed by atoms with Gasteiger partial charge in [0.2, 0.25) is 0 Å². The van der Waals surface area contributed by atoms with E-state index in [1.54, 1.807) is 0 Å². The van der Waals surface area contributed by atoms with Crippen LogP contribution in [0.4, 0.5) is 0 Å². The van der Waals surface area contributed by atoms with Gasteiger partial charge in [0.05, 0.1) is 0 Å². The zero-order valence-electron chi connectivity index (χ0n) is 11.8. The lowest BCUT2D eigenvalue weighted by Crippen LogP contribution is -2.14. The fourth-order valence-electron chi connectivity index (χ4n) is 3.53. The highest BCUT2D eigenvalue weighted by Gasteiger charge is 2.38. The molecule has 1 fully saturated rings. The first-order chi connectivity index (χ1) is 9.72. The fraction of sp³-hybridized carbons (Fsp3) is 0.294. The molecule has 2 heterocycles. The van der Waals surface area contributed by atoms with E-state index in [1.807, 2.05) is 18.2 Å². The fourth-order valence-corrected chi connectivity index (χ4v) is 3.71. The van der Waals surface area contributed by atoms with Crippen LogP contribution in [0.2, 0.25) is 5.02 Å². The molecule has 21 heavy (non-hydrogen) atoms. The summed E-state index contributed by atoms with van der Waals surface area (Å²) < 4.78 is 6.15. The van der Waals surface area contributed by atoms with Crippen molar-refractivity contribution in [1.82, 2.24) is 4.90 Å². The molecule has 2 nitrogen and oxygen atoms in total. The quantitative estimate of drug-likeness (QED) is 0.662. The van der Waals surface area contributed by atoms with Gasteiger partial charge in [-0.25, -0.2) is 0 Å². The van der Waals surface area contributed by atoms with Crippen LogP contribution in [0, 0.1) is 0 Å². The standard InChI is InChI=1S/C17H16ClNO.BrH/c1-19-9-14-12-4-2-3-5-16(12)20-17-7-6-11(18)8-13(17)15(14)10-19;/h2-8,14-15H,9-10H2,1H3;1H. The van der Waals surface area contributed by atoms with E-state index in [0.717, 1.165) is 29.6 Å². The molecule has 0 bridgehead atoms. The van der Waals surface area contributed by atoms with Crippen molar-refractivity contribution in [3.05, 3.63) is 58.6 Å². The molecule has 110 valence electrons. The van der Waals surface area contributed by atoms with Gasteiger partial charge in [0.1, 0.15) is 11.5 Å². The average Bonchev–Trinajstić information content (AvgIpc) is 2.78. The first kappa shape index (κ1) is 14.9. The molecule has 4 rings (SSSR count). The number of halogens is 2. The molecule has 2 aliphatic heterocycles. The minimum absolute atomic E-state index is 0. The third-order valence-corrected chi connectivity index (χ3v) is 4.65. The molecule has 2 aliphatic rings. The Morgan fingerprint density at radius 3 is 2.48 bits per heavy atom. The number of nitrogens with zero attached hydrogens (tertiary/aromatic N) is 1. The second kappa shape index (κ2) is 5.64. The Balaban J connectivity index is 0.00000132. The van der Waals surface area contributed by atoms with Gasteiger partial charge in [-0.2, -0.15) is 0 Å². The number of ether oxygens (including phenoxy) is 1. The topological polar surface area (TPSA) is 12.5 Å². The van der Waals surface area contributed by atoms with Crippen molar-refractivity contribution >= 4 is 28.6 Å². The number of likely N-dealkylation sites (tertiary alicyclic amines) is 1. The lowest BCUT2D eigenvalue weighted by Gasteiger charge is -2.17. The number of rotatable bonds is 0. The molecule has 0 aliphatic carbocycles. The van der Waals surface area contributed by atoms with Crippen LogP contribution in [-0.2, 0) is 0 Å². The van der Waals surface area contributed by atoms with Crippen molar-refractivity contribution in [3.63, 3.8) is 0 Å². The molecule has 0 saturated carbocycles. The Bertz CT molecular complexity index is 676. The lowest BCUT2D eigenvalue weighted by molar-refractivity contribution is 0.401. The Morgan fingerprint density at radius 2 is 1.67 bits per heavy atom. The van der Waals surface area contributed by atoms with E-state index < -0.39 is 0 Å². The number of para-hydroxylation sites is 1. The zero-order chi connectivity index (χ0) is 13.7. The number of benzene rings is 2. The smallest absolute Gasteiger partial charge is 0.131 e. The summed E-state index contributed by atoms with van der Waals surface area (Å²) in [4.78, 5) is 2.39. The van der Waals surface area contributed by atoms with Crippen molar-refractivity contribution < 1.29 is 4.74 Å². The van der Waals surface area contributed by atoms with Crippen LogP contribution >= 0.6 is 28.6 Å². The Morgan fingerprint density at radius 1 is 1.00 bits per heavy atom. The molecule has 0 aromatic heterocycles. The van der Waals surface area contributed by atoms with E-state index >= 15 is 0 Å². The number of hydrogen-bond donors (Lipinski definition) is 0. The molecule has 2 atom stereocenters. The predicted octanol–water partition coefficient (Wildman–Crippen LogP) is 4.84. The van der Waals surface area contributed by atoms with Gasteiger partial charge >= 0.3 is 0 Å². The second-order valence-corrected chi connectivity index (χ2v) is 6.19. The maximum atomic E-state index is 6.20. The van der Waals surface area contributed by atoms with Crippen LogP contribution in [-0.4, -0.2) is 25.0 Å². The maximum Gasteiger partial charge on any atom is 0.131 e. The van der Waals surface area contributed by atoms with Crippen LogP contribution in [0.25, 0.3) is 0 Å². The highest BCUT2D eigenvalue weighted by molar-refractivity contribution is 8.93. The molecule has 4 heteroatoms. The lowest BCUT2D eigenvalue weighted by atomic mass is 9.84. The van der Waals surface area contributed by atoms with E-state index in [0.29, 0.717) is 11.8 Å². The maximum absolute atomic E-state index is 6.20. The van der Waals surface area contributed by atoms with Gasteiger partial charge in [0.25, 0.3) is 0 Å². The van der Waals surface area contributed by atoms with Gasteiger partial charge in [-0.1, -0.05) is 29.8 Å². The molecule has 0 amide bonds. The molecular weight excluding hydrogens is 350 g/mol. The SMILES string of the molecule is Br.CN1CC2c3ccccc3Oc3ccc(Cl)cc3C2C1. The van der Waals surface area contributed by atoms with Crippen LogP contribution in [0.5, 0.6) is 11.5 Å². The van der Waals surface area contributed by atoms with E-state index in [2.05, 4.69) is 36.2 Å². The minimum Gasteiger partial charge on any atom is -0.457 e. The molecule has 0 radical (unpaired) electrons. The molecule has 1 saturated heterocycles. The molecular formula is C17H17BrClNO. The Kier molecular flexibility index (Phi) is 4.00. The predicted molar refractivity (Wildman–Crippen MR) is 91.3 cm³/mol. The van der Waals surface area contributed by atoms with Crippen LogP contribution in [0.1, 0.15) is 23.0 Å². The number of likely N-dealkylation sites (N-methyl/N-ethyl adjacent to an activating group) is 1. The summed E-state index contributed by atoms with van der Waals surface area (Å²) in [7, 11) is 2.18. The third-order valence-electron chi connectivity index (χ3n) is 4.41. The van der Waals surface area contributed by atoms with Gasteiger partial charge in [0, 0.05) is 35.5 Å². The van der Waals surface area contributed by atoms with Crippen molar-refractivity contribution in [2.24, 2.45) is 0 Å². The van der Waals surface area contributed by atoms with Crippen molar-refractivity contribution in [2.45, 2.75) is 11.8 Å². The Labute approximate surface area is 140 Å². The van der Waals surface area contributed by atoms with Gasteiger partial charge in [0.15, 0.2) is 0 Å². The van der Waals surface area contributed by atoms with Crippen molar-refractivity contribution in [1.29, 1.82) is 0 Å². The molecule has 2 aromatic carbocycles. The summed E-state index contributed by atoms with van der Waals surface area (Å²) in [6.07, 6.45) is 0. The van der Waals surface area contributed by atoms with Gasteiger partial charge < -0.3 is 9.64 Å². The first-order valence-electron chi connectivity index (χ1n) is 6.97. The van der Waals surface area contributed by atoms with E-state index in [4.69, 9.17) is 16.3 Å². The summed E-state index contributed by atoms with van der Waals surface area (Å²) in [6, 6.07) is 14.4. The largest absolute Gasteiger partial charge is 0.457 e. The van der Waals surface area contributed by atoms with Crippen LogP contribution in [0.15, 0.2) is 42.5 Å². The first-order valence-corrected chi connectivity index (χ1v) is 7.35. The third kappa shape index (κ3) is 2.48. The molecule has 2 unspecified atom stereocenters. The summed E-state index contributed by atoms with van der Waals surface area (Å²) in [5, 5.41) is 0.784. The van der Waals surface area contributed by atoms with Gasteiger partial charge in [-0.3, -0.25) is 0 Å². The summed E-state index contributed by atoms with van der Waals surface area (Å²) in [5.41, 5.74) is 2.55. The van der Waals surface area contributed by atoms with Crippen molar-refractivity contribution in [2.75, 3.05) is 20.1 Å². The monoisotopic (exact) mass is 365 g/mol. The van der Waals surface area contributed by atoms with E-state index in [-0.39, 0.29) is 17.0 Å². The van der Waals surface area contributed by atoms with Crippen LogP contribution in [0.3, 0.4) is 0 Å². The van der Waals surface area contributed by atoms with Crippen LogP contribution < -0.4 is 4.74 Å². The summed E-state index contributed by atoms with van der Waals surface area (Å²) >= 11 is 6.20. The minimum atomic E-state index is 0. The normalized spacial score (nSPS) is 23.1. The zero-order valence-corrected chi connectivity index (χ0v) is 14.2. The highest BCUT2D eigenvalue weighted by atomic mass is 79.9. The second-order valence-electron chi connectivity index (χ2n) is 5.76. The summed E-state index contributed by atoms with van der Waals surface area (Å²) in [5.74, 6) is 2.87. The van der Waals surface area contributed by atoms with Crippen molar-refractivity contribution in [3.8, 4) is 11.5 Å². The summed E-state index contributed by atoms with van der Waals surface area (Å²) in [6.45, 7) is 2.12. The molecule has 0 spiro atoms.